The molecule has 0 heterocycles. The highest BCUT2D eigenvalue weighted by Crippen LogP contribution is 2.65. The fourth-order valence-corrected chi connectivity index (χ4v) is 9.72. The van der Waals surface area contributed by atoms with Crippen LogP contribution in [0.15, 0.2) is 18.2 Å². The first-order valence-corrected chi connectivity index (χ1v) is 16.6. The normalized spacial score (nSPS) is 34.9. The van der Waals surface area contributed by atoms with Gasteiger partial charge >= 0.3 is 8.60 Å². The molecule has 4 rings (SSSR count). The summed E-state index contributed by atoms with van der Waals surface area (Å²) in [7, 11) is -2.01. The van der Waals surface area contributed by atoms with Crippen molar-refractivity contribution in [2.24, 2.45) is 40.4 Å². The lowest BCUT2D eigenvalue weighted by Crippen LogP contribution is -2.54. The molecule has 0 aliphatic heterocycles. The minimum Gasteiger partial charge on any atom is -0.426 e. The molecule has 38 heavy (non-hydrogen) atoms. The standard InChI is InChI=1S/C34H57O3P/c1-23(2)24-15-17-26-25(21-24)16-18-29-33(9,19-12-20-34(26,29)10)22-36-38(35)37-30-27(31(3,4)5)13-11-14-28(30)32(6,7)8/h11,13-14,23-26,29,35H,12,15-22H2,1-10H3/t24?,25?,26-,29?,33-,34-,38?/m1/s1. The molecule has 1 aromatic carbocycles. The highest BCUT2D eigenvalue weighted by Gasteiger charge is 2.57. The lowest BCUT2D eigenvalue weighted by molar-refractivity contribution is -0.133. The molecule has 0 radical (unpaired) electrons. The summed E-state index contributed by atoms with van der Waals surface area (Å²) in [4.78, 5) is 11.2. The second kappa shape index (κ2) is 11.0. The predicted octanol–water partition coefficient (Wildman–Crippen LogP) is 10.2. The smallest absolute Gasteiger partial charge is 0.394 e. The topological polar surface area (TPSA) is 38.7 Å². The molecule has 0 bridgehead atoms. The second-order valence-corrected chi connectivity index (χ2v) is 17.0. The Morgan fingerprint density at radius 2 is 1.58 bits per heavy atom. The van der Waals surface area contributed by atoms with Crippen LogP contribution in [0.25, 0.3) is 0 Å². The van der Waals surface area contributed by atoms with Crippen LogP contribution in [0.5, 0.6) is 5.75 Å². The lowest BCUT2D eigenvalue weighted by atomic mass is 9.44. The fraction of sp³-hybridized carbons (Fsp3) is 0.824. The van der Waals surface area contributed by atoms with Gasteiger partial charge in [-0.2, -0.15) is 0 Å². The summed E-state index contributed by atoms with van der Waals surface area (Å²) in [6, 6.07) is 6.38. The number of fused-ring (bicyclic) bond motifs is 3. The monoisotopic (exact) mass is 544 g/mol. The third-order valence-corrected chi connectivity index (χ3v) is 11.7. The molecule has 1 N–H and O–H groups in total. The van der Waals surface area contributed by atoms with Crippen LogP contribution < -0.4 is 4.52 Å². The summed E-state index contributed by atoms with van der Waals surface area (Å²) < 4.78 is 12.6. The Kier molecular flexibility index (Phi) is 8.77. The van der Waals surface area contributed by atoms with Crippen molar-refractivity contribution in [1.29, 1.82) is 0 Å². The molecule has 0 amide bonds. The minimum absolute atomic E-state index is 0.0862. The van der Waals surface area contributed by atoms with E-state index in [1.807, 2.05) is 0 Å². The van der Waals surface area contributed by atoms with Crippen LogP contribution in [0.1, 0.15) is 132 Å². The van der Waals surface area contributed by atoms with Gasteiger partial charge in [-0.15, -0.1) is 0 Å². The SMILES string of the molecule is CC(C)C1CC[C@@H]2C(CCC3[C@@](C)(COP(O)Oc4c(C(C)(C)C)cccc4C(C)(C)C)CCC[C@@]32C)C1. The molecule has 0 aromatic heterocycles. The molecule has 0 spiro atoms. The molecule has 3 aliphatic rings. The number of benzene rings is 1. The first-order valence-electron chi connectivity index (χ1n) is 15.5. The highest BCUT2D eigenvalue weighted by atomic mass is 31.2. The Morgan fingerprint density at radius 1 is 0.947 bits per heavy atom. The van der Waals surface area contributed by atoms with Gasteiger partial charge in [0.05, 0.1) is 6.61 Å². The van der Waals surface area contributed by atoms with E-state index in [2.05, 4.69) is 87.4 Å². The molecule has 3 fully saturated rings. The summed E-state index contributed by atoms with van der Waals surface area (Å²) in [5.41, 5.74) is 2.58. The van der Waals surface area contributed by atoms with Crippen LogP contribution in [0.2, 0.25) is 0 Å². The van der Waals surface area contributed by atoms with Gasteiger partial charge in [0.25, 0.3) is 0 Å². The Labute approximate surface area is 235 Å². The molecule has 4 heteroatoms. The summed E-state index contributed by atoms with van der Waals surface area (Å²) in [5, 5.41) is 0. The number of hydrogen-bond acceptors (Lipinski definition) is 3. The van der Waals surface area contributed by atoms with Crippen LogP contribution in [0, 0.1) is 40.4 Å². The summed E-state index contributed by atoms with van der Waals surface area (Å²) in [6.07, 6.45) is 10.8. The lowest BCUT2D eigenvalue weighted by Gasteiger charge is -2.62. The molecule has 4 unspecified atom stereocenters. The predicted molar refractivity (Wildman–Crippen MR) is 162 cm³/mol. The first kappa shape index (κ1) is 30.3. The van der Waals surface area contributed by atoms with Crippen LogP contribution in [0.3, 0.4) is 0 Å². The zero-order valence-electron chi connectivity index (χ0n) is 26.2. The third kappa shape index (κ3) is 6.01. The van der Waals surface area contributed by atoms with E-state index in [9.17, 15) is 4.89 Å². The van der Waals surface area contributed by atoms with Crippen molar-refractivity contribution < 1.29 is 13.9 Å². The Hall–Kier alpha value is -0.630. The van der Waals surface area contributed by atoms with Crippen molar-refractivity contribution in [2.75, 3.05) is 6.61 Å². The van der Waals surface area contributed by atoms with Crippen LogP contribution >= 0.6 is 8.60 Å². The summed E-state index contributed by atoms with van der Waals surface area (Å²) in [5.74, 6) is 4.97. The van der Waals surface area contributed by atoms with Gasteiger partial charge in [0.15, 0.2) is 0 Å². The number of hydrogen-bond donors (Lipinski definition) is 1. The van der Waals surface area contributed by atoms with Crippen molar-refractivity contribution in [1.82, 2.24) is 0 Å². The average molecular weight is 545 g/mol. The quantitative estimate of drug-likeness (QED) is 0.362. The van der Waals surface area contributed by atoms with Gasteiger partial charge in [0.1, 0.15) is 5.75 Å². The largest absolute Gasteiger partial charge is 0.426 e. The molecular weight excluding hydrogens is 487 g/mol. The van der Waals surface area contributed by atoms with Gasteiger partial charge in [0.2, 0.25) is 0 Å². The Balaban J connectivity index is 1.49. The van der Waals surface area contributed by atoms with E-state index in [0.29, 0.717) is 17.9 Å². The molecule has 7 atom stereocenters. The van der Waals surface area contributed by atoms with Crippen molar-refractivity contribution in [3.05, 3.63) is 29.3 Å². The zero-order chi connectivity index (χ0) is 28.1. The van der Waals surface area contributed by atoms with Gasteiger partial charge in [-0.05, 0) is 96.2 Å². The maximum Gasteiger partial charge on any atom is 0.394 e. The number of para-hydroxylation sites is 1. The molecule has 3 aliphatic carbocycles. The summed E-state index contributed by atoms with van der Waals surface area (Å²) in [6.45, 7) is 23.7. The van der Waals surface area contributed by atoms with Crippen molar-refractivity contribution in [2.45, 2.75) is 131 Å². The maximum absolute atomic E-state index is 11.2. The van der Waals surface area contributed by atoms with Crippen LogP contribution in [-0.4, -0.2) is 11.5 Å². The van der Waals surface area contributed by atoms with E-state index < -0.39 is 8.60 Å². The van der Waals surface area contributed by atoms with E-state index in [4.69, 9.17) is 9.05 Å². The molecule has 3 saturated carbocycles. The molecule has 0 saturated heterocycles. The van der Waals surface area contributed by atoms with Crippen molar-refractivity contribution in [3.8, 4) is 5.75 Å². The van der Waals surface area contributed by atoms with E-state index in [1.165, 1.54) is 51.4 Å². The first-order chi connectivity index (χ1) is 17.6. The second-order valence-electron chi connectivity index (χ2n) is 16.1. The molecular formula is C34H57O3P. The van der Waals surface area contributed by atoms with Gasteiger partial charge in [0, 0.05) is 11.1 Å². The van der Waals surface area contributed by atoms with E-state index >= 15 is 0 Å². The minimum atomic E-state index is -2.01. The third-order valence-electron chi connectivity index (χ3n) is 11.0. The van der Waals surface area contributed by atoms with E-state index in [0.717, 1.165) is 40.5 Å². The molecule has 1 aromatic rings. The maximum atomic E-state index is 11.2. The highest BCUT2D eigenvalue weighted by molar-refractivity contribution is 7.41. The number of rotatable bonds is 6. The van der Waals surface area contributed by atoms with E-state index in [1.54, 1.807) is 0 Å². The van der Waals surface area contributed by atoms with Gasteiger partial charge in [-0.3, -0.25) is 0 Å². The molecule has 3 nitrogen and oxygen atoms in total. The van der Waals surface area contributed by atoms with Gasteiger partial charge in [-0.25, -0.2) is 0 Å². The zero-order valence-corrected chi connectivity index (χ0v) is 27.1. The van der Waals surface area contributed by atoms with Gasteiger partial charge < -0.3 is 13.9 Å². The summed E-state index contributed by atoms with van der Waals surface area (Å²) >= 11 is 0. The fourth-order valence-electron chi connectivity index (χ4n) is 8.91. The van der Waals surface area contributed by atoms with Crippen molar-refractivity contribution in [3.63, 3.8) is 0 Å². The van der Waals surface area contributed by atoms with Crippen LogP contribution in [-0.2, 0) is 15.4 Å². The van der Waals surface area contributed by atoms with Gasteiger partial charge in [-0.1, -0.05) is 93.9 Å². The van der Waals surface area contributed by atoms with Crippen molar-refractivity contribution >= 4 is 8.60 Å². The Morgan fingerprint density at radius 3 is 2.16 bits per heavy atom. The van der Waals surface area contributed by atoms with Crippen LogP contribution in [0.4, 0.5) is 0 Å². The average Bonchev–Trinajstić information content (AvgIpc) is 2.81. The van der Waals surface area contributed by atoms with E-state index in [-0.39, 0.29) is 16.2 Å². The molecule has 216 valence electrons. The Bertz CT molecular complexity index is 927.